The Morgan fingerprint density at radius 1 is 0.889 bits per heavy atom. The standard InChI is InChI=1S/C3H7.3CH5N/c1-3-2;3*1-2/h1,3H2,2H3;3*2H2,1H3. The van der Waals surface area contributed by atoms with Crippen LogP contribution < -0.4 is 17.2 Å². The Kier molecular flexibility index (Phi) is 1240. The molecule has 0 aromatic heterocycles. The molecule has 61 valence electrons. The van der Waals surface area contributed by atoms with Gasteiger partial charge in [-0.15, -0.1) is 0 Å². The fourth-order valence-electron chi connectivity index (χ4n) is 0. The Morgan fingerprint density at radius 2 is 0.889 bits per heavy atom. The molecule has 0 aliphatic heterocycles. The summed E-state index contributed by atoms with van der Waals surface area (Å²) < 4.78 is 0. The van der Waals surface area contributed by atoms with Crippen LogP contribution in [0.15, 0.2) is 0 Å². The van der Waals surface area contributed by atoms with E-state index in [1.54, 1.807) is 0 Å². The minimum atomic E-state index is 1.00. The van der Waals surface area contributed by atoms with Crippen LogP contribution in [-0.2, 0) is 0 Å². The van der Waals surface area contributed by atoms with Gasteiger partial charge in [0.05, 0.1) is 0 Å². The Hall–Kier alpha value is -0.120. The zero-order valence-corrected chi connectivity index (χ0v) is 7.15. The maximum absolute atomic E-state index is 4.50. The van der Waals surface area contributed by atoms with Crippen LogP contribution in [0, 0.1) is 6.92 Å². The molecule has 0 atom stereocenters. The van der Waals surface area contributed by atoms with E-state index in [2.05, 4.69) is 24.1 Å². The van der Waals surface area contributed by atoms with Crippen molar-refractivity contribution in [3.8, 4) is 0 Å². The third-order valence-electron chi connectivity index (χ3n) is 0. The lowest BCUT2D eigenvalue weighted by atomic mass is 10.6. The van der Waals surface area contributed by atoms with Gasteiger partial charge in [-0.1, -0.05) is 20.3 Å². The van der Waals surface area contributed by atoms with Crippen molar-refractivity contribution < 1.29 is 0 Å². The largest absolute Gasteiger partial charge is 0.333 e. The van der Waals surface area contributed by atoms with Gasteiger partial charge in [-0.3, -0.25) is 0 Å². The van der Waals surface area contributed by atoms with E-state index in [-0.39, 0.29) is 0 Å². The van der Waals surface area contributed by atoms with Gasteiger partial charge in [-0.2, -0.15) is 0 Å². The first-order chi connectivity index (χ1) is 4.41. The summed E-state index contributed by atoms with van der Waals surface area (Å²) >= 11 is 0. The van der Waals surface area contributed by atoms with Crippen molar-refractivity contribution in [3.05, 3.63) is 6.92 Å². The monoisotopic (exact) mass is 136 g/mol. The summed E-state index contributed by atoms with van der Waals surface area (Å²) in [7, 11) is 4.50. The highest BCUT2D eigenvalue weighted by molar-refractivity contribution is 4.18. The Labute approximate surface area is 59.6 Å². The van der Waals surface area contributed by atoms with Gasteiger partial charge in [0.25, 0.3) is 0 Å². The normalized spacial score (nSPS) is 4.00. The van der Waals surface area contributed by atoms with Gasteiger partial charge in [0.2, 0.25) is 0 Å². The fourth-order valence-corrected chi connectivity index (χ4v) is 0. The molecule has 9 heavy (non-hydrogen) atoms. The van der Waals surface area contributed by atoms with E-state index in [4.69, 9.17) is 0 Å². The molecular weight excluding hydrogens is 114 g/mol. The minimum absolute atomic E-state index is 1.00. The van der Waals surface area contributed by atoms with Crippen molar-refractivity contribution >= 4 is 0 Å². The van der Waals surface area contributed by atoms with Gasteiger partial charge in [0.15, 0.2) is 0 Å². The average Bonchev–Trinajstić information content (AvgIpc) is 2.01. The van der Waals surface area contributed by atoms with Crippen LogP contribution in [0.1, 0.15) is 13.3 Å². The molecule has 0 rings (SSSR count). The molecule has 0 aliphatic carbocycles. The molecule has 0 aromatic carbocycles. The average molecular weight is 136 g/mol. The van der Waals surface area contributed by atoms with Gasteiger partial charge < -0.3 is 17.2 Å². The van der Waals surface area contributed by atoms with E-state index < -0.39 is 0 Å². The maximum Gasteiger partial charge on any atom is -0.0195 e. The van der Waals surface area contributed by atoms with E-state index >= 15 is 0 Å². The van der Waals surface area contributed by atoms with Crippen LogP contribution in [-0.4, -0.2) is 21.1 Å². The molecule has 0 spiro atoms. The molecule has 0 unspecified atom stereocenters. The third-order valence-corrected chi connectivity index (χ3v) is 0. The predicted molar refractivity (Wildman–Crippen MR) is 46.0 cm³/mol. The summed E-state index contributed by atoms with van der Waals surface area (Å²) in [6, 6.07) is 0. The zero-order chi connectivity index (χ0) is 8.71. The van der Waals surface area contributed by atoms with Crippen molar-refractivity contribution in [1.82, 2.24) is 0 Å². The van der Waals surface area contributed by atoms with Crippen molar-refractivity contribution in [2.75, 3.05) is 21.1 Å². The van der Waals surface area contributed by atoms with Crippen molar-refractivity contribution in [3.63, 3.8) is 0 Å². The zero-order valence-electron chi connectivity index (χ0n) is 7.15. The molecule has 0 aliphatic rings. The van der Waals surface area contributed by atoms with Crippen LogP contribution in [0.3, 0.4) is 0 Å². The fraction of sp³-hybridized carbons (Fsp3) is 0.833. The van der Waals surface area contributed by atoms with E-state index in [0.29, 0.717) is 0 Å². The number of hydrogen-bond acceptors (Lipinski definition) is 3. The van der Waals surface area contributed by atoms with Crippen LogP contribution in [0.25, 0.3) is 0 Å². The molecule has 0 fully saturated rings. The van der Waals surface area contributed by atoms with Crippen LogP contribution in [0.4, 0.5) is 0 Å². The van der Waals surface area contributed by atoms with Crippen molar-refractivity contribution in [1.29, 1.82) is 0 Å². The molecule has 0 amide bonds. The van der Waals surface area contributed by atoms with Gasteiger partial charge in [0, 0.05) is 0 Å². The van der Waals surface area contributed by atoms with Crippen LogP contribution in [0.5, 0.6) is 0 Å². The molecule has 0 heterocycles. The van der Waals surface area contributed by atoms with E-state index in [1.165, 1.54) is 21.1 Å². The van der Waals surface area contributed by atoms with Gasteiger partial charge in [-0.25, -0.2) is 0 Å². The summed E-state index contributed by atoms with van der Waals surface area (Å²) in [5.41, 5.74) is 13.5. The Morgan fingerprint density at radius 3 is 0.889 bits per heavy atom. The lowest BCUT2D eigenvalue weighted by Gasteiger charge is -1.47. The molecular formula is C6H22N3. The predicted octanol–water partition coefficient (Wildman–Crippen LogP) is -0.0448. The molecule has 0 saturated heterocycles. The Bertz CT molecular complexity index is 8.26. The SMILES string of the molecule is CN.CN.CN.[CH2]CC. The van der Waals surface area contributed by atoms with Crippen LogP contribution in [0.2, 0.25) is 0 Å². The molecule has 0 aromatic rings. The summed E-state index contributed by atoms with van der Waals surface area (Å²) in [5, 5.41) is 0. The molecule has 0 saturated carbocycles. The first-order valence-corrected chi connectivity index (χ1v) is 2.94. The quantitative estimate of drug-likeness (QED) is 0.437. The maximum atomic E-state index is 4.50. The lowest BCUT2D eigenvalue weighted by Crippen LogP contribution is -1.69. The molecule has 6 N–H and O–H groups in total. The van der Waals surface area contributed by atoms with E-state index in [0.717, 1.165) is 6.42 Å². The number of rotatable bonds is 0. The van der Waals surface area contributed by atoms with Crippen LogP contribution >= 0.6 is 0 Å². The second-order valence-corrected chi connectivity index (χ2v) is 0.500. The Balaban J connectivity index is -0.0000000190. The number of nitrogens with two attached hydrogens (primary N) is 3. The third kappa shape index (κ3) is 18900. The summed E-state index contributed by atoms with van der Waals surface area (Å²) in [5.74, 6) is 0. The first kappa shape index (κ1) is 23.2. The topological polar surface area (TPSA) is 78.1 Å². The van der Waals surface area contributed by atoms with E-state index in [9.17, 15) is 0 Å². The molecule has 1 radical (unpaired) electrons. The highest BCUT2D eigenvalue weighted by Gasteiger charge is 1.36. The first-order valence-electron chi connectivity index (χ1n) is 2.94. The highest BCUT2D eigenvalue weighted by atomic mass is 14.4. The highest BCUT2D eigenvalue weighted by Crippen LogP contribution is 1.54. The summed E-state index contributed by atoms with van der Waals surface area (Å²) in [6.45, 7) is 5.50. The second kappa shape index (κ2) is 482. The van der Waals surface area contributed by atoms with Gasteiger partial charge in [-0.05, 0) is 21.1 Å². The summed E-state index contributed by atoms with van der Waals surface area (Å²) in [4.78, 5) is 0. The van der Waals surface area contributed by atoms with Gasteiger partial charge >= 0.3 is 0 Å². The lowest BCUT2D eigenvalue weighted by molar-refractivity contribution is 1.23. The molecule has 3 heteroatoms. The minimum Gasteiger partial charge on any atom is -0.333 e. The molecule has 0 bridgehead atoms. The van der Waals surface area contributed by atoms with Crippen molar-refractivity contribution in [2.24, 2.45) is 17.2 Å². The second-order valence-electron chi connectivity index (χ2n) is 0.500. The molecule has 3 nitrogen and oxygen atoms in total. The van der Waals surface area contributed by atoms with E-state index in [1.807, 2.05) is 6.92 Å². The summed E-state index contributed by atoms with van der Waals surface area (Å²) in [6.07, 6.45) is 1.00. The smallest absolute Gasteiger partial charge is 0.0195 e. The number of hydrogen-bond donors (Lipinski definition) is 3. The van der Waals surface area contributed by atoms with Crippen molar-refractivity contribution in [2.45, 2.75) is 13.3 Å². The van der Waals surface area contributed by atoms with Gasteiger partial charge in [0.1, 0.15) is 0 Å².